The Kier molecular flexibility index (Phi) is 6.40. The lowest BCUT2D eigenvalue weighted by Crippen LogP contribution is -2.03. The SMILES string of the molecule is Clc1cc(NCc2ccccc2OCc2ccc(Br)cc2)ccc1Br. The molecule has 3 aromatic carbocycles. The second-order valence-corrected chi connectivity index (χ2v) is 7.68. The summed E-state index contributed by atoms with van der Waals surface area (Å²) >= 11 is 13.0. The van der Waals surface area contributed by atoms with Crippen molar-refractivity contribution in [3.63, 3.8) is 0 Å². The predicted octanol–water partition coefficient (Wildman–Crippen LogP) is 7.06. The van der Waals surface area contributed by atoms with Gasteiger partial charge in [-0.05, 0) is 57.9 Å². The van der Waals surface area contributed by atoms with E-state index in [-0.39, 0.29) is 0 Å². The molecule has 0 spiro atoms. The van der Waals surface area contributed by atoms with Crippen molar-refractivity contribution in [1.29, 1.82) is 0 Å². The van der Waals surface area contributed by atoms with Crippen LogP contribution in [0.2, 0.25) is 5.02 Å². The average molecular weight is 482 g/mol. The molecule has 0 aliphatic rings. The molecular formula is C20H16Br2ClNO. The number of nitrogens with one attached hydrogen (secondary N) is 1. The van der Waals surface area contributed by atoms with Crippen LogP contribution in [0.3, 0.4) is 0 Å². The van der Waals surface area contributed by atoms with Crippen LogP contribution in [0.1, 0.15) is 11.1 Å². The zero-order chi connectivity index (χ0) is 17.6. The van der Waals surface area contributed by atoms with Crippen LogP contribution >= 0.6 is 43.5 Å². The van der Waals surface area contributed by atoms with Gasteiger partial charge in [-0.15, -0.1) is 0 Å². The van der Waals surface area contributed by atoms with Crippen LogP contribution in [0, 0.1) is 0 Å². The summed E-state index contributed by atoms with van der Waals surface area (Å²) in [5, 5.41) is 4.07. The third kappa shape index (κ3) is 5.24. The highest BCUT2D eigenvalue weighted by molar-refractivity contribution is 9.10. The number of benzene rings is 3. The maximum atomic E-state index is 6.14. The van der Waals surface area contributed by atoms with E-state index in [1.165, 1.54) is 0 Å². The van der Waals surface area contributed by atoms with E-state index in [9.17, 15) is 0 Å². The minimum absolute atomic E-state index is 0.536. The lowest BCUT2D eigenvalue weighted by molar-refractivity contribution is 0.303. The zero-order valence-corrected chi connectivity index (χ0v) is 17.2. The Morgan fingerprint density at radius 3 is 2.44 bits per heavy atom. The molecule has 0 aliphatic carbocycles. The fraction of sp³-hybridized carbons (Fsp3) is 0.100. The topological polar surface area (TPSA) is 21.3 Å². The van der Waals surface area contributed by atoms with Gasteiger partial charge in [-0.2, -0.15) is 0 Å². The summed E-state index contributed by atoms with van der Waals surface area (Å²) in [5.74, 6) is 0.876. The van der Waals surface area contributed by atoms with Crippen LogP contribution in [0.25, 0.3) is 0 Å². The molecule has 5 heteroatoms. The molecule has 25 heavy (non-hydrogen) atoms. The lowest BCUT2D eigenvalue weighted by atomic mass is 10.2. The van der Waals surface area contributed by atoms with Gasteiger partial charge in [0, 0.05) is 26.7 Å². The molecule has 0 aromatic heterocycles. The lowest BCUT2D eigenvalue weighted by Gasteiger charge is -2.13. The molecule has 0 unspecified atom stereocenters. The smallest absolute Gasteiger partial charge is 0.124 e. The Labute approximate surface area is 169 Å². The number of hydrogen-bond donors (Lipinski definition) is 1. The Bertz CT molecular complexity index is 853. The van der Waals surface area contributed by atoms with Crippen LogP contribution in [0.15, 0.2) is 75.7 Å². The zero-order valence-electron chi connectivity index (χ0n) is 13.3. The van der Waals surface area contributed by atoms with Gasteiger partial charge in [0.25, 0.3) is 0 Å². The van der Waals surface area contributed by atoms with Crippen LogP contribution in [-0.2, 0) is 13.2 Å². The van der Waals surface area contributed by atoms with Crippen molar-refractivity contribution in [2.45, 2.75) is 13.2 Å². The minimum Gasteiger partial charge on any atom is -0.489 e. The molecule has 0 saturated heterocycles. The first-order valence-electron chi connectivity index (χ1n) is 7.76. The summed E-state index contributed by atoms with van der Waals surface area (Å²) in [6.45, 7) is 1.20. The van der Waals surface area contributed by atoms with Gasteiger partial charge >= 0.3 is 0 Å². The van der Waals surface area contributed by atoms with Crippen molar-refractivity contribution in [2.75, 3.05) is 5.32 Å². The van der Waals surface area contributed by atoms with E-state index in [1.807, 2.05) is 48.5 Å². The highest BCUT2D eigenvalue weighted by Gasteiger charge is 2.05. The standard InChI is InChI=1S/C20H16Br2ClNO/c21-16-7-5-14(6-8-16)13-25-20-4-2-1-3-15(20)12-24-17-9-10-18(22)19(23)11-17/h1-11,24H,12-13H2. The Morgan fingerprint density at radius 2 is 1.68 bits per heavy atom. The molecule has 1 N–H and O–H groups in total. The molecule has 0 aliphatic heterocycles. The highest BCUT2D eigenvalue weighted by atomic mass is 79.9. The molecule has 0 radical (unpaired) electrons. The molecule has 0 fully saturated rings. The van der Waals surface area contributed by atoms with E-state index in [1.54, 1.807) is 0 Å². The second-order valence-electron chi connectivity index (χ2n) is 5.51. The third-order valence-electron chi connectivity index (χ3n) is 3.68. The largest absolute Gasteiger partial charge is 0.489 e. The van der Waals surface area contributed by atoms with Crippen molar-refractivity contribution >= 4 is 49.1 Å². The van der Waals surface area contributed by atoms with Crippen molar-refractivity contribution in [3.8, 4) is 5.75 Å². The van der Waals surface area contributed by atoms with Gasteiger partial charge in [-0.1, -0.05) is 57.9 Å². The average Bonchev–Trinajstić information content (AvgIpc) is 2.63. The second kappa shape index (κ2) is 8.75. The number of anilines is 1. The molecule has 3 rings (SSSR count). The van der Waals surface area contributed by atoms with E-state index in [0.29, 0.717) is 18.2 Å². The number of halogens is 3. The molecule has 0 saturated carbocycles. The number of para-hydroxylation sites is 1. The Balaban J connectivity index is 1.65. The number of rotatable bonds is 6. The van der Waals surface area contributed by atoms with E-state index in [4.69, 9.17) is 16.3 Å². The quantitative estimate of drug-likeness (QED) is 0.407. The van der Waals surface area contributed by atoms with E-state index >= 15 is 0 Å². The summed E-state index contributed by atoms with van der Waals surface area (Å²) < 4.78 is 7.96. The van der Waals surface area contributed by atoms with E-state index in [0.717, 1.165) is 31.5 Å². The summed E-state index contributed by atoms with van der Waals surface area (Å²) in [6.07, 6.45) is 0. The molecule has 0 heterocycles. The summed E-state index contributed by atoms with van der Waals surface area (Å²) in [6, 6.07) is 22.0. The first-order valence-corrected chi connectivity index (χ1v) is 9.72. The fourth-order valence-electron chi connectivity index (χ4n) is 2.34. The number of ether oxygens (including phenoxy) is 1. The van der Waals surface area contributed by atoms with E-state index in [2.05, 4.69) is 55.4 Å². The summed E-state index contributed by atoms with van der Waals surface area (Å²) in [4.78, 5) is 0. The summed E-state index contributed by atoms with van der Waals surface area (Å²) in [5.41, 5.74) is 3.19. The molecule has 128 valence electrons. The molecule has 2 nitrogen and oxygen atoms in total. The van der Waals surface area contributed by atoms with Crippen molar-refractivity contribution in [1.82, 2.24) is 0 Å². The van der Waals surface area contributed by atoms with Crippen LogP contribution in [0.4, 0.5) is 5.69 Å². The number of hydrogen-bond acceptors (Lipinski definition) is 2. The van der Waals surface area contributed by atoms with Crippen LogP contribution < -0.4 is 10.1 Å². The molecule has 3 aromatic rings. The molecular weight excluding hydrogens is 465 g/mol. The maximum absolute atomic E-state index is 6.14. The van der Waals surface area contributed by atoms with Gasteiger partial charge in [-0.25, -0.2) is 0 Å². The first-order chi connectivity index (χ1) is 12.1. The normalized spacial score (nSPS) is 10.5. The monoisotopic (exact) mass is 479 g/mol. The van der Waals surface area contributed by atoms with Crippen molar-refractivity contribution in [2.24, 2.45) is 0 Å². The van der Waals surface area contributed by atoms with Gasteiger partial charge in [0.1, 0.15) is 12.4 Å². The summed E-state index contributed by atoms with van der Waals surface area (Å²) in [7, 11) is 0. The predicted molar refractivity (Wildman–Crippen MR) is 111 cm³/mol. The highest BCUT2D eigenvalue weighted by Crippen LogP contribution is 2.27. The van der Waals surface area contributed by atoms with Gasteiger partial charge < -0.3 is 10.1 Å². The Morgan fingerprint density at radius 1 is 0.920 bits per heavy atom. The molecule has 0 amide bonds. The van der Waals surface area contributed by atoms with E-state index < -0.39 is 0 Å². The van der Waals surface area contributed by atoms with Gasteiger partial charge in [-0.3, -0.25) is 0 Å². The van der Waals surface area contributed by atoms with Crippen LogP contribution in [-0.4, -0.2) is 0 Å². The van der Waals surface area contributed by atoms with Gasteiger partial charge in [0.05, 0.1) is 5.02 Å². The maximum Gasteiger partial charge on any atom is 0.124 e. The Hall–Kier alpha value is -1.49. The van der Waals surface area contributed by atoms with Gasteiger partial charge in [0.15, 0.2) is 0 Å². The molecule has 0 bridgehead atoms. The first kappa shape index (κ1) is 18.3. The van der Waals surface area contributed by atoms with Crippen molar-refractivity contribution < 1.29 is 4.74 Å². The molecule has 0 atom stereocenters. The van der Waals surface area contributed by atoms with Crippen molar-refractivity contribution in [3.05, 3.63) is 91.8 Å². The fourth-order valence-corrected chi connectivity index (χ4v) is 3.03. The minimum atomic E-state index is 0.536. The van der Waals surface area contributed by atoms with Gasteiger partial charge in [0.2, 0.25) is 0 Å². The van der Waals surface area contributed by atoms with Crippen LogP contribution in [0.5, 0.6) is 5.75 Å². The third-order valence-corrected chi connectivity index (χ3v) is 5.44.